The Morgan fingerprint density at radius 2 is 2.33 bits per heavy atom. The van der Waals surface area contributed by atoms with Crippen molar-refractivity contribution >= 4 is 5.97 Å². The van der Waals surface area contributed by atoms with Crippen LogP contribution in [0, 0.1) is 5.92 Å². The minimum absolute atomic E-state index is 0.0929. The average Bonchev–Trinajstić information content (AvgIpc) is 2.25. The highest BCUT2D eigenvalue weighted by Gasteiger charge is 2.46. The van der Waals surface area contributed by atoms with Gasteiger partial charge >= 0.3 is 5.97 Å². The Balaban J connectivity index is 2.37. The molecule has 0 N–H and O–H groups in total. The molecule has 0 spiro atoms. The van der Waals surface area contributed by atoms with Gasteiger partial charge in [-0.2, -0.15) is 0 Å². The maximum Gasteiger partial charge on any atom is 0.334 e. The lowest BCUT2D eigenvalue weighted by Gasteiger charge is -2.26. The van der Waals surface area contributed by atoms with Gasteiger partial charge in [0.05, 0.1) is 0 Å². The SMILES string of the molecule is CC1(C)OC(=O)C2=CCCCC21. The minimum Gasteiger partial charge on any atom is -0.456 e. The summed E-state index contributed by atoms with van der Waals surface area (Å²) >= 11 is 0. The number of hydrogen-bond acceptors (Lipinski definition) is 2. The smallest absolute Gasteiger partial charge is 0.334 e. The summed E-state index contributed by atoms with van der Waals surface area (Å²) in [6, 6.07) is 0. The number of cyclic esters (lactones) is 1. The van der Waals surface area contributed by atoms with Gasteiger partial charge in [0.15, 0.2) is 0 Å². The molecule has 0 bridgehead atoms. The number of fused-ring (bicyclic) bond motifs is 1. The Labute approximate surface area is 72.6 Å². The highest BCUT2D eigenvalue weighted by molar-refractivity contribution is 5.92. The lowest BCUT2D eigenvalue weighted by atomic mass is 9.80. The van der Waals surface area contributed by atoms with E-state index in [9.17, 15) is 4.79 Å². The van der Waals surface area contributed by atoms with Gasteiger partial charge in [0.2, 0.25) is 0 Å². The minimum atomic E-state index is -0.261. The molecule has 2 heteroatoms. The first-order chi connectivity index (χ1) is 5.61. The number of ether oxygens (including phenoxy) is 1. The predicted molar refractivity (Wildman–Crippen MR) is 45.6 cm³/mol. The second kappa shape index (κ2) is 2.35. The van der Waals surface area contributed by atoms with Crippen molar-refractivity contribution in [3.63, 3.8) is 0 Å². The van der Waals surface area contributed by atoms with Crippen molar-refractivity contribution < 1.29 is 9.53 Å². The first-order valence-electron chi connectivity index (χ1n) is 4.54. The van der Waals surface area contributed by atoms with E-state index in [1.54, 1.807) is 0 Å². The Hall–Kier alpha value is -0.790. The van der Waals surface area contributed by atoms with E-state index in [1.165, 1.54) is 6.42 Å². The fourth-order valence-corrected chi connectivity index (χ4v) is 2.19. The van der Waals surface area contributed by atoms with Crippen molar-refractivity contribution in [1.29, 1.82) is 0 Å². The van der Waals surface area contributed by atoms with E-state index in [0.29, 0.717) is 5.92 Å². The van der Waals surface area contributed by atoms with Gasteiger partial charge in [-0.05, 0) is 33.1 Å². The summed E-state index contributed by atoms with van der Waals surface area (Å²) in [5, 5.41) is 0. The van der Waals surface area contributed by atoms with Gasteiger partial charge in [0.1, 0.15) is 5.60 Å². The number of rotatable bonds is 0. The molecule has 1 aliphatic carbocycles. The molecule has 66 valence electrons. The topological polar surface area (TPSA) is 26.3 Å². The Kier molecular flexibility index (Phi) is 1.53. The average molecular weight is 166 g/mol. The van der Waals surface area contributed by atoms with Crippen LogP contribution in [0.1, 0.15) is 33.1 Å². The molecule has 1 fully saturated rings. The number of carbonyl (C=O) groups excluding carboxylic acids is 1. The molecule has 1 heterocycles. The molecule has 2 aliphatic rings. The Morgan fingerprint density at radius 1 is 1.58 bits per heavy atom. The maximum atomic E-state index is 11.3. The fraction of sp³-hybridized carbons (Fsp3) is 0.700. The van der Waals surface area contributed by atoms with Crippen LogP contribution in [0.3, 0.4) is 0 Å². The molecule has 0 aromatic rings. The summed E-state index contributed by atoms with van der Waals surface area (Å²) in [5.41, 5.74) is 0.662. The number of carbonyl (C=O) groups is 1. The first kappa shape index (κ1) is 7.84. The van der Waals surface area contributed by atoms with E-state index in [2.05, 4.69) is 0 Å². The molecule has 0 radical (unpaired) electrons. The lowest BCUT2D eigenvalue weighted by molar-refractivity contribution is -0.144. The van der Waals surface area contributed by atoms with Gasteiger partial charge < -0.3 is 4.74 Å². The second-order valence-electron chi connectivity index (χ2n) is 4.14. The fourth-order valence-electron chi connectivity index (χ4n) is 2.19. The molecule has 2 nitrogen and oxygen atoms in total. The van der Waals surface area contributed by atoms with Crippen molar-refractivity contribution in [3.8, 4) is 0 Å². The van der Waals surface area contributed by atoms with Crippen LogP contribution in [0.15, 0.2) is 11.6 Å². The van der Waals surface area contributed by atoms with Crippen LogP contribution in [-0.4, -0.2) is 11.6 Å². The molecular formula is C10H14O2. The molecule has 1 atom stereocenters. The third-order valence-electron chi connectivity index (χ3n) is 2.87. The van der Waals surface area contributed by atoms with Crippen LogP contribution in [-0.2, 0) is 9.53 Å². The van der Waals surface area contributed by atoms with Gasteiger partial charge in [-0.25, -0.2) is 4.79 Å². The van der Waals surface area contributed by atoms with E-state index in [4.69, 9.17) is 4.74 Å². The third kappa shape index (κ3) is 0.977. The van der Waals surface area contributed by atoms with Gasteiger partial charge in [-0.1, -0.05) is 6.08 Å². The zero-order valence-electron chi connectivity index (χ0n) is 7.59. The van der Waals surface area contributed by atoms with E-state index in [1.807, 2.05) is 19.9 Å². The molecule has 1 aliphatic heterocycles. The Bertz CT molecular complexity index is 251. The van der Waals surface area contributed by atoms with Crippen LogP contribution in [0.2, 0.25) is 0 Å². The maximum absolute atomic E-state index is 11.3. The monoisotopic (exact) mass is 166 g/mol. The zero-order chi connectivity index (χ0) is 8.77. The zero-order valence-corrected chi connectivity index (χ0v) is 7.59. The van der Waals surface area contributed by atoms with Crippen LogP contribution in [0.5, 0.6) is 0 Å². The molecule has 2 rings (SSSR count). The summed E-state index contributed by atoms with van der Waals surface area (Å²) in [7, 11) is 0. The van der Waals surface area contributed by atoms with Gasteiger partial charge in [-0.15, -0.1) is 0 Å². The highest BCUT2D eigenvalue weighted by atomic mass is 16.6. The molecule has 1 saturated heterocycles. The predicted octanol–water partition coefficient (Wildman–Crippen LogP) is 2.05. The molecular weight excluding hydrogens is 152 g/mol. The van der Waals surface area contributed by atoms with E-state index in [0.717, 1.165) is 18.4 Å². The van der Waals surface area contributed by atoms with Crippen LogP contribution in [0.25, 0.3) is 0 Å². The number of esters is 1. The van der Waals surface area contributed by atoms with Crippen LogP contribution < -0.4 is 0 Å². The molecule has 0 aromatic heterocycles. The molecule has 0 aromatic carbocycles. The largest absolute Gasteiger partial charge is 0.456 e. The molecule has 0 amide bonds. The third-order valence-corrected chi connectivity index (χ3v) is 2.87. The van der Waals surface area contributed by atoms with Crippen molar-refractivity contribution in [1.82, 2.24) is 0 Å². The highest BCUT2D eigenvalue weighted by Crippen LogP contribution is 2.42. The second-order valence-corrected chi connectivity index (χ2v) is 4.14. The summed E-state index contributed by atoms with van der Waals surface area (Å²) in [6.07, 6.45) is 5.38. The van der Waals surface area contributed by atoms with Crippen molar-refractivity contribution in [2.75, 3.05) is 0 Å². The van der Waals surface area contributed by atoms with E-state index >= 15 is 0 Å². The quantitative estimate of drug-likeness (QED) is 0.515. The molecule has 0 saturated carbocycles. The van der Waals surface area contributed by atoms with Gasteiger partial charge in [-0.3, -0.25) is 0 Å². The Morgan fingerprint density at radius 3 is 3.00 bits per heavy atom. The number of allylic oxidation sites excluding steroid dienone is 1. The van der Waals surface area contributed by atoms with E-state index < -0.39 is 0 Å². The molecule has 12 heavy (non-hydrogen) atoms. The standard InChI is InChI=1S/C10H14O2/c1-10(2)8-6-4-3-5-7(8)9(11)12-10/h5,8H,3-4,6H2,1-2H3. The summed E-state index contributed by atoms with van der Waals surface area (Å²) < 4.78 is 5.29. The first-order valence-corrected chi connectivity index (χ1v) is 4.54. The normalized spacial score (nSPS) is 32.3. The van der Waals surface area contributed by atoms with Crippen LogP contribution in [0.4, 0.5) is 0 Å². The molecule has 1 unspecified atom stereocenters. The van der Waals surface area contributed by atoms with Crippen molar-refractivity contribution in [2.24, 2.45) is 5.92 Å². The van der Waals surface area contributed by atoms with Gasteiger partial charge in [0, 0.05) is 11.5 Å². The number of hydrogen-bond donors (Lipinski definition) is 0. The van der Waals surface area contributed by atoms with Gasteiger partial charge in [0.25, 0.3) is 0 Å². The van der Waals surface area contributed by atoms with E-state index in [-0.39, 0.29) is 11.6 Å². The summed E-state index contributed by atoms with van der Waals surface area (Å²) in [6.45, 7) is 4.00. The van der Waals surface area contributed by atoms with Crippen molar-refractivity contribution in [2.45, 2.75) is 38.7 Å². The summed E-state index contributed by atoms with van der Waals surface area (Å²) in [5.74, 6) is 0.253. The lowest BCUT2D eigenvalue weighted by Crippen LogP contribution is -2.28. The summed E-state index contributed by atoms with van der Waals surface area (Å²) in [4.78, 5) is 11.3. The van der Waals surface area contributed by atoms with Crippen LogP contribution >= 0.6 is 0 Å². The van der Waals surface area contributed by atoms with Crippen molar-refractivity contribution in [3.05, 3.63) is 11.6 Å².